The topological polar surface area (TPSA) is 75.3 Å². The van der Waals surface area contributed by atoms with Gasteiger partial charge in [0.1, 0.15) is 0 Å². The number of carbonyl (C=O) groups is 1. The van der Waals surface area contributed by atoms with Crippen LogP contribution in [-0.4, -0.2) is 33.7 Å². The molecule has 0 spiro atoms. The van der Waals surface area contributed by atoms with Crippen LogP contribution in [0, 0.1) is 5.92 Å². The molecule has 1 aromatic rings. The summed E-state index contributed by atoms with van der Waals surface area (Å²) in [5, 5.41) is 5.82. The second kappa shape index (κ2) is 5.07. The van der Waals surface area contributed by atoms with Crippen molar-refractivity contribution in [3.05, 3.63) is 24.3 Å². The van der Waals surface area contributed by atoms with Crippen LogP contribution in [0.25, 0.3) is 0 Å². The Balaban J connectivity index is 2.02. The van der Waals surface area contributed by atoms with Gasteiger partial charge in [0.25, 0.3) is 0 Å². The summed E-state index contributed by atoms with van der Waals surface area (Å²) in [6, 6.07) is 6.30. The lowest BCUT2D eigenvalue weighted by atomic mass is 9.99. The van der Waals surface area contributed by atoms with E-state index in [9.17, 15) is 13.2 Å². The van der Waals surface area contributed by atoms with E-state index in [4.69, 9.17) is 0 Å². The summed E-state index contributed by atoms with van der Waals surface area (Å²) < 4.78 is 22.8. The molecule has 1 amide bonds. The first-order chi connectivity index (χ1) is 8.45. The number of nitrogens with one attached hydrogen (secondary N) is 2. The minimum absolute atomic E-state index is 0.0767. The Morgan fingerprint density at radius 1 is 1.44 bits per heavy atom. The van der Waals surface area contributed by atoms with Gasteiger partial charge in [-0.2, -0.15) is 0 Å². The van der Waals surface area contributed by atoms with Gasteiger partial charge < -0.3 is 10.6 Å². The number of hydrogen-bond donors (Lipinski definition) is 2. The summed E-state index contributed by atoms with van der Waals surface area (Å²) >= 11 is 0. The molecule has 5 nitrogen and oxygen atoms in total. The highest BCUT2D eigenvalue weighted by atomic mass is 32.2. The van der Waals surface area contributed by atoms with E-state index in [1.54, 1.807) is 12.1 Å². The normalized spacial score (nSPS) is 16.1. The van der Waals surface area contributed by atoms with Gasteiger partial charge in [-0.25, -0.2) is 8.42 Å². The van der Waals surface area contributed by atoms with Gasteiger partial charge in [-0.15, -0.1) is 0 Å². The molecule has 1 heterocycles. The van der Waals surface area contributed by atoms with Crippen LogP contribution in [0.4, 0.5) is 5.69 Å². The summed E-state index contributed by atoms with van der Waals surface area (Å²) in [4.78, 5) is 11.9. The first kappa shape index (κ1) is 13.0. The van der Waals surface area contributed by atoms with Gasteiger partial charge in [0.15, 0.2) is 9.84 Å². The van der Waals surface area contributed by atoms with Crippen LogP contribution >= 0.6 is 0 Å². The maximum Gasteiger partial charge on any atom is 0.224 e. The molecule has 18 heavy (non-hydrogen) atoms. The van der Waals surface area contributed by atoms with E-state index < -0.39 is 9.84 Å². The molecule has 0 aliphatic carbocycles. The van der Waals surface area contributed by atoms with Gasteiger partial charge in [0.2, 0.25) is 5.91 Å². The zero-order valence-electron chi connectivity index (χ0n) is 10.1. The van der Waals surface area contributed by atoms with Crippen LogP contribution < -0.4 is 10.6 Å². The second-order valence-corrected chi connectivity index (χ2v) is 6.59. The predicted octanol–water partition coefficient (Wildman–Crippen LogP) is 0.638. The Morgan fingerprint density at radius 2 is 2.17 bits per heavy atom. The molecule has 0 aromatic heterocycles. The number of anilines is 1. The third-order valence-electron chi connectivity index (χ3n) is 2.89. The van der Waals surface area contributed by atoms with Crippen LogP contribution in [0.3, 0.4) is 0 Å². The molecule has 0 atom stereocenters. The molecule has 2 N–H and O–H groups in total. The molecule has 1 fully saturated rings. The third kappa shape index (κ3) is 3.30. The quantitative estimate of drug-likeness (QED) is 0.840. The Kier molecular flexibility index (Phi) is 3.68. The average Bonchev–Trinajstić information content (AvgIpc) is 2.23. The Morgan fingerprint density at radius 3 is 2.72 bits per heavy atom. The number of hydrogen-bond acceptors (Lipinski definition) is 4. The second-order valence-electron chi connectivity index (χ2n) is 4.58. The first-order valence-electron chi connectivity index (χ1n) is 5.76. The molecule has 0 saturated carbocycles. The van der Waals surface area contributed by atoms with E-state index in [-0.39, 0.29) is 10.8 Å². The Bertz CT molecular complexity index is 550. The SMILES string of the molecule is CS(=O)(=O)c1cccc(NC(=O)CC2CNC2)c1. The molecule has 0 unspecified atom stereocenters. The van der Waals surface area contributed by atoms with Crippen LogP contribution in [0.1, 0.15) is 6.42 Å². The molecule has 1 saturated heterocycles. The van der Waals surface area contributed by atoms with Crippen molar-refractivity contribution in [3.63, 3.8) is 0 Å². The van der Waals surface area contributed by atoms with Crippen LogP contribution in [-0.2, 0) is 14.6 Å². The Labute approximate surface area is 107 Å². The highest BCUT2D eigenvalue weighted by molar-refractivity contribution is 7.90. The summed E-state index contributed by atoms with van der Waals surface area (Å²) in [5.41, 5.74) is 0.523. The van der Waals surface area contributed by atoms with Crippen molar-refractivity contribution in [2.45, 2.75) is 11.3 Å². The molecule has 98 valence electrons. The van der Waals surface area contributed by atoms with E-state index in [0.717, 1.165) is 19.3 Å². The molecule has 1 aliphatic rings. The number of rotatable bonds is 4. The summed E-state index contributed by atoms with van der Waals surface area (Å²) in [7, 11) is -3.24. The molecule has 2 rings (SSSR count). The standard InChI is InChI=1S/C12H16N2O3S/c1-18(16,17)11-4-2-3-10(6-11)14-12(15)5-9-7-13-8-9/h2-4,6,9,13H,5,7-8H2,1H3,(H,14,15). The molecule has 1 aromatic carbocycles. The van der Waals surface area contributed by atoms with Crippen molar-refractivity contribution >= 4 is 21.4 Å². The number of sulfone groups is 1. The lowest BCUT2D eigenvalue weighted by Gasteiger charge is -2.26. The smallest absolute Gasteiger partial charge is 0.224 e. The zero-order chi connectivity index (χ0) is 13.2. The fraction of sp³-hybridized carbons (Fsp3) is 0.417. The van der Waals surface area contributed by atoms with Crippen molar-refractivity contribution in [2.75, 3.05) is 24.7 Å². The van der Waals surface area contributed by atoms with E-state index in [2.05, 4.69) is 10.6 Å². The fourth-order valence-corrected chi connectivity index (χ4v) is 2.44. The van der Waals surface area contributed by atoms with Gasteiger partial charge in [-0.05, 0) is 37.2 Å². The van der Waals surface area contributed by atoms with Gasteiger partial charge >= 0.3 is 0 Å². The van der Waals surface area contributed by atoms with Gasteiger partial charge in [0.05, 0.1) is 4.90 Å². The van der Waals surface area contributed by atoms with Crippen LogP contribution in [0.15, 0.2) is 29.2 Å². The van der Waals surface area contributed by atoms with E-state index in [1.807, 2.05) is 0 Å². The molecular formula is C12H16N2O3S. The van der Waals surface area contributed by atoms with Crippen molar-refractivity contribution in [1.29, 1.82) is 0 Å². The Hall–Kier alpha value is -1.40. The van der Waals surface area contributed by atoms with Crippen molar-refractivity contribution in [2.24, 2.45) is 5.92 Å². The molecule has 0 radical (unpaired) electrons. The van der Waals surface area contributed by atoms with Crippen molar-refractivity contribution in [3.8, 4) is 0 Å². The summed E-state index contributed by atoms with van der Waals surface area (Å²) in [5.74, 6) is 0.315. The highest BCUT2D eigenvalue weighted by Crippen LogP contribution is 2.16. The molecule has 6 heteroatoms. The predicted molar refractivity (Wildman–Crippen MR) is 69.2 cm³/mol. The largest absolute Gasteiger partial charge is 0.326 e. The van der Waals surface area contributed by atoms with Crippen molar-refractivity contribution in [1.82, 2.24) is 5.32 Å². The van der Waals surface area contributed by atoms with E-state index in [0.29, 0.717) is 18.0 Å². The summed E-state index contributed by atoms with van der Waals surface area (Å²) in [6.45, 7) is 1.74. The van der Waals surface area contributed by atoms with Gasteiger partial charge in [-0.3, -0.25) is 4.79 Å². The zero-order valence-corrected chi connectivity index (χ0v) is 11.0. The highest BCUT2D eigenvalue weighted by Gasteiger charge is 2.20. The number of amides is 1. The number of carbonyl (C=O) groups excluding carboxylic acids is 1. The van der Waals surface area contributed by atoms with Gasteiger partial charge in [-0.1, -0.05) is 6.07 Å². The monoisotopic (exact) mass is 268 g/mol. The maximum absolute atomic E-state index is 11.7. The van der Waals surface area contributed by atoms with Crippen LogP contribution in [0.5, 0.6) is 0 Å². The fourth-order valence-electron chi connectivity index (χ4n) is 1.77. The van der Waals surface area contributed by atoms with E-state index >= 15 is 0 Å². The lowest BCUT2D eigenvalue weighted by molar-refractivity contribution is -0.117. The molecule has 1 aliphatic heterocycles. The third-order valence-corrected chi connectivity index (χ3v) is 4.00. The average molecular weight is 268 g/mol. The first-order valence-corrected chi connectivity index (χ1v) is 7.65. The number of benzene rings is 1. The van der Waals surface area contributed by atoms with Crippen molar-refractivity contribution < 1.29 is 13.2 Å². The summed E-state index contributed by atoms with van der Waals surface area (Å²) in [6.07, 6.45) is 1.62. The van der Waals surface area contributed by atoms with Gasteiger partial charge in [0, 0.05) is 18.4 Å². The maximum atomic E-state index is 11.7. The molecular weight excluding hydrogens is 252 g/mol. The lowest BCUT2D eigenvalue weighted by Crippen LogP contribution is -2.43. The van der Waals surface area contributed by atoms with Crippen LogP contribution in [0.2, 0.25) is 0 Å². The molecule has 0 bridgehead atoms. The minimum Gasteiger partial charge on any atom is -0.326 e. The van der Waals surface area contributed by atoms with E-state index in [1.165, 1.54) is 12.1 Å². The minimum atomic E-state index is -3.24.